The van der Waals surface area contributed by atoms with Crippen molar-refractivity contribution in [3.63, 3.8) is 0 Å². The first-order chi connectivity index (χ1) is 9.71. The molecular weight excluding hydrogens is 338 g/mol. The maximum atomic E-state index is 5.22. The molecule has 0 radical (unpaired) electrons. The summed E-state index contributed by atoms with van der Waals surface area (Å²) in [6.07, 6.45) is 2.10. The summed E-state index contributed by atoms with van der Waals surface area (Å²) in [4.78, 5) is 4.58. The second kappa shape index (κ2) is 9.94. The number of nitrogens with zero attached hydrogens (tertiary/aromatic N) is 1. The normalized spacial score (nSPS) is 11.3. The second-order valence-corrected chi connectivity index (χ2v) is 5.92. The Morgan fingerprint density at radius 1 is 1.40 bits per heavy atom. The Kier molecular flexibility index (Phi) is 8.53. The van der Waals surface area contributed by atoms with E-state index in [1.807, 2.05) is 30.0 Å². The van der Waals surface area contributed by atoms with Crippen molar-refractivity contribution in [3.8, 4) is 5.75 Å². The minimum atomic E-state index is 0.636. The Bertz CT molecular complexity index is 440. The minimum Gasteiger partial charge on any atom is -0.496 e. The summed E-state index contributed by atoms with van der Waals surface area (Å²) in [6.45, 7) is 4.48. The number of methoxy groups -OCH3 is 1. The van der Waals surface area contributed by atoms with Gasteiger partial charge in [-0.05, 0) is 46.8 Å². The standard InChI is InChI=1S/C14H22BrN3OS/c1-4-16-14(17-7-8-20-3)18-10-11-5-6-13(19-2)12(15)9-11/h5-6,9H,4,7-8,10H2,1-3H3,(H2,16,17,18). The van der Waals surface area contributed by atoms with Crippen molar-refractivity contribution < 1.29 is 4.74 Å². The summed E-state index contributed by atoms with van der Waals surface area (Å²) in [6, 6.07) is 6.01. The fourth-order valence-electron chi connectivity index (χ4n) is 1.59. The SMILES string of the molecule is CCNC(=NCc1ccc(OC)c(Br)c1)NCCSC. The van der Waals surface area contributed by atoms with Gasteiger partial charge in [0, 0.05) is 18.8 Å². The molecule has 0 aliphatic heterocycles. The molecule has 0 aromatic heterocycles. The number of ether oxygens (including phenoxy) is 1. The van der Waals surface area contributed by atoms with E-state index in [1.54, 1.807) is 7.11 Å². The molecule has 0 aliphatic carbocycles. The van der Waals surface area contributed by atoms with E-state index >= 15 is 0 Å². The summed E-state index contributed by atoms with van der Waals surface area (Å²) in [5.41, 5.74) is 1.14. The number of thioether (sulfide) groups is 1. The molecule has 20 heavy (non-hydrogen) atoms. The lowest BCUT2D eigenvalue weighted by Crippen LogP contribution is -2.38. The number of halogens is 1. The Morgan fingerprint density at radius 2 is 2.20 bits per heavy atom. The van der Waals surface area contributed by atoms with Crippen molar-refractivity contribution in [2.24, 2.45) is 4.99 Å². The van der Waals surface area contributed by atoms with Crippen LogP contribution in [0.15, 0.2) is 27.7 Å². The van der Waals surface area contributed by atoms with E-state index in [2.05, 4.69) is 44.7 Å². The van der Waals surface area contributed by atoms with Gasteiger partial charge in [0.25, 0.3) is 0 Å². The molecule has 0 saturated heterocycles. The summed E-state index contributed by atoms with van der Waals surface area (Å²) < 4.78 is 6.17. The molecule has 112 valence electrons. The van der Waals surface area contributed by atoms with Crippen LogP contribution in [0.3, 0.4) is 0 Å². The fourth-order valence-corrected chi connectivity index (χ4v) is 2.49. The molecule has 4 nitrogen and oxygen atoms in total. The second-order valence-electron chi connectivity index (χ2n) is 4.08. The number of nitrogens with one attached hydrogen (secondary N) is 2. The monoisotopic (exact) mass is 359 g/mol. The number of aliphatic imine (C=N–C) groups is 1. The lowest BCUT2D eigenvalue weighted by atomic mass is 10.2. The molecule has 0 heterocycles. The molecule has 0 saturated carbocycles. The van der Waals surface area contributed by atoms with Crippen LogP contribution in [0.4, 0.5) is 0 Å². The smallest absolute Gasteiger partial charge is 0.191 e. The van der Waals surface area contributed by atoms with Crippen molar-refractivity contribution in [1.82, 2.24) is 10.6 Å². The van der Waals surface area contributed by atoms with Gasteiger partial charge in [0.1, 0.15) is 5.75 Å². The molecule has 0 spiro atoms. The molecule has 1 aromatic carbocycles. The first-order valence-corrected chi connectivity index (χ1v) is 8.73. The van der Waals surface area contributed by atoms with Gasteiger partial charge in [-0.15, -0.1) is 0 Å². The van der Waals surface area contributed by atoms with E-state index in [-0.39, 0.29) is 0 Å². The Morgan fingerprint density at radius 3 is 2.80 bits per heavy atom. The number of rotatable bonds is 7. The predicted octanol–water partition coefficient (Wildman–Crippen LogP) is 2.88. The van der Waals surface area contributed by atoms with E-state index in [0.29, 0.717) is 6.54 Å². The topological polar surface area (TPSA) is 45.7 Å². The van der Waals surface area contributed by atoms with Crippen molar-refractivity contribution in [3.05, 3.63) is 28.2 Å². The highest BCUT2D eigenvalue weighted by Crippen LogP contribution is 2.25. The van der Waals surface area contributed by atoms with Gasteiger partial charge < -0.3 is 15.4 Å². The van der Waals surface area contributed by atoms with Gasteiger partial charge in [-0.25, -0.2) is 4.99 Å². The van der Waals surface area contributed by atoms with Crippen molar-refractivity contribution >= 4 is 33.7 Å². The number of hydrogen-bond donors (Lipinski definition) is 2. The van der Waals surface area contributed by atoms with Crippen LogP contribution in [0.25, 0.3) is 0 Å². The lowest BCUT2D eigenvalue weighted by molar-refractivity contribution is 0.412. The molecule has 0 amide bonds. The van der Waals surface area contributed by atoms with Gasteiger partial charge >= 0.3 is 0 Å². The van der Waals surface area contributed by atoms with E-state index in [1.165, 1.54) is 0 Å². The quantitative estimate of drug-likeness (QED) is 0.446. The summed E-state index contributed by atoms with van der Waals surface area (Å²) >= 11 is 5.31. The van der Waals surface area contributed by atoms with Gasteiger partial charge in [-0.3, -0.25) is 0 Å². The van der Waals surface area contributed by atoms with E-state index in [4.69, 9.17) is 4.74 Å². The molecule has 0 unspecified atom stereocenters. The van der Waals surface area contributed by atoms with Crippen LogP contribution in [0.5, 0.6) is 5.75 Å². The molecule has 0 bridgehead atoms. The summed E-state index contributed by atoms with van der Waals surface area (Å²) in [5.74, 6) is 2.76. The highest BCUT2D eigenvalue weighted by molar-refractivity contribution is 9.10. The van der Waals surface area contributed by atoms with Crippen molar-refractivity contribution in [1.29, 1.82) is 0 Å². The highest BCUT2D eigenvalue weighted by atomic mass is 79.9. The van der Waals surface area contributed by atoms with Crippen LogP contribution in [-0.2, 0) is 6.54 Å². The third-order valence-electron chi connectivity index (χ3n) is 2.58. The van der Waals surface area contributed by atoms with Crippen LogP contribution < -0.4 is 15.4 Å². The number of guanidine groups is 1. The Hall–Kier alpha value is -0.880. The van der Waals surface area contributed by atoms with Gasteiger partial charge in [0.05, 0.1) is 18.1 Å². The number of benzene rings is 1. The molecule has 2 N–H and O–H groups in total. The Labute approximate surface area is 133 Å². The largest absolute Gasteiger partial charge is 0.496 e. The first kappa shape index (κ1) is 17.2. The summed E-state index contributed by atoms with van der Waals surface area (Å²) in [7, 11) is 1.66. The van der Waals surface area contributed by atoms with E-state index in [9.17, 15) is 0 Å². The fraction of sp³-hybridized carbons (Fsp3) is 0.500. The van der Waals surface area contributed by atoms with Crippen LogP contribution >= 0.6 is 27.7 Å². The zero-order chi connectivity index (χ0) is 14.8. The zero-order valence-electron chi connectivity index (χ0n) is 12.2. The summed E-state index contributed by atoms with van der Waals surface area (Å²) in [5, 5.41) is 6.55. The zero-order valence-corrected chi connectivity index (χ0v) is 14.6. The molecule has 0 fully saturated rings. The molecular formula is C14H22BrN3OS. The average Bonchev–Trinajstić information content (AvgIpc) is 2.45. The third-order valence-corrected chi connectivity index (χ3v) is 3.81. The molecule has 1 rings (SSSR count). The molecule has 0 atom stereocenters. The van der Waals surface area contributed by atoms with Crippen LogP contribution in [-0.4, -0.2) is 38.2 Å². The van der Waals surface area contributed by atoms with E-state index in [0.717, 1.165) is 40.6 Å². The van der Waals surface area contributed by atoms with Gasteiger partial charge in [-0.2, -0.15) is 11.8 Å². The maximum absolute atomic E-state index is 5.22. The Balaban J connectivity index is 2.63. The van der Waals surface area contributed by atoms with Crippen molar-refractivity contribution in [2.45, 2.75) is 13.5 Å². The van der Waals surface area contributed by atoms with Gasteiger partial charge in [0.15, 0.2) is 5.96 Å². The van der Waals surface area contributed by atoms with Crippen LogP contribution in [0.1, 0.15) is 12.5 Å². The molecule has 6 heteroatoms. The van der Waals surface area contributed by atoms with Gasteiger partial charge in [-0.1, -0.05) is 6.07 Å². The molecule has 0 aliphatic rings. The number of hydrogen-bond acceptors (Lipinski definition) is 3. The predicted molar refractivity (Wildman–Crippen MR) is 91.9 cm³/mol. The van der Waals surface area contributed by atoms with Crippen LogP contribution in [0, 0.1) is 0 Å². The minimum absolute atomic E-state index is 0.636. The highest BCUT2D eigenvalue weighted by Gasteiger charge is 2.02. The lowest BCUT2D eigenvalue weighted by Gasteiger charge is -2.11. The van der Waals surface area contributed by atoms with E-state index < -0.39 is 0 Å². The van der Waals surface area contributed by atoms with Crippen molar-refractivity contribution in [2.75, 3.05) is 32.2 Å². The average molecular weight is 360 g/mol. The van der Waals surface area contributed by atoms with Crippen LogP contribution in [0.2, 0.25) is 0 Å². The first-order valence-electron chi connectivity index (χ1n) is 6.54. The third kappa shape index (κ3) is 6.05. The van der Waals surface area contributed by atoms with Gasteiger partial charge in [0.2, 0.25) is 0 Å². The maximum Gasteiger partial charge on any atom is 0.191 e. The molecule has 1 aromatic rings.